The Bertz CT molecular complexity index is 691. The second-order valence-electron chi connectivity index (χ2n) is 5.96. The van der Waals surface area contributed by atoms with E-state index in [1.54, 1.807) is 11.9 Å². The van der Waals surface area contributed by atoms with Crippen LogP contribution in [0.3, 0.4) is 0 Å². The molecule has 5 heteroatoms. The fraction of sp³-hybridized carbons (Fsp3) is 0.316. The van der Waals surface area contributed by atoms with Crippen LogP contribution in [0.2, 0.25) is 0 Å². The summed E-state index contributed by atoms with van der Waals surface area (Å²) >= 11 is 0. The summed E-state index contributed by atoms with van der Waals surface area (Å²) in [5, 5.41) is 2.94. The maximum atomic E-state index is 13.4. The fourth-order valence-corrected chi connectivity index (χ4v) is 2.50. The first-order valence-electron chi connectivity index (χ1n) is 7.88. The van der Waals surface area contributed by atoms with Crippen molar-refractivity contribution in [3.8, 4) is 0 Å². The molecule has 0 saturated carbocycles. The molecular weight excluding hydrogens is 310 g/mol. The van der Waals surface area contributed by atoms with Crippen LogP contribution < -0.4 is 5.32 Å². The summed E-state index contributed by atoms with van der Waals surface area (Å²) in [6.45, 7) is 3.93. The predicted molar refractivity (Wildman–Crippen MR) is 90.4 cm³/mol. The van der Waals surface area contributed by atoms with E-state index < -0.39 is 11.6 Å². The van der Waals surface area contributed by atoms with Crippen molar-refractivity contribution >= 4 is 5.91 Å². The lowest BCUT2D eigenvalue weighted by Crippen LogP contribution is -2.37. The highest BCUT2D eigenvalue weighted by molar-refractivity contribution is 5.78. The van der Waals surface area contributed by atoms with Gasteiger partial charge in [0.2, 0.25) is 5.91 Å². The second kappa shape index (κ2) is 8.02. The molecule has 0 heterocycles. The van der Waals surface area contributed by atoms with E-state index in [1.165, 1.54) is 12.1 Å². The predicted octanol–water partition coefficient (Wildman–Crippen LogP) is 3.84. The zero-order valence-electron chi connectivity index (χ0n) is 14.1. The van der Waals surface area contributed by atoms with Crippen LogP contribution in [0, 0.1) is 11.6 Å². The average Bonchev–Trinajstić information content (AvgIpc) is 2.57. The third-order valence-corrected chi connectivity index (χ3v) is 4.16. The summed E-state index contributed by atoms with van der Waals surface area (Å²) in [6, 6.07) is 13.2. The minimum Gasteiger partial charge on any atom is -0.348 e. The van der Waals surface area contributed by atoms with Crippen LogP contribution in [0.4, 0.5) is 8.78 Å². The Hall–Kier alpha value is -2.27. The molecule has 0 radical (unpaired) electrons. The molecular formula is C19H22F2N2O. The van der Waals surface area contributed by atoms with Gasteiger partial charge in [-0.2, -0.15) is 0 Å². The number of nitrogens with one attached hydrogen (secondary N) is 1. The Kier molecular flexibility index (Phi) is 6.04. The van der Waals surface area contributed by atoms with Crippen LogP contribution in [0.15, 0.2) is 48.5 Å². The van der Waals surface area contributed by atoms with E-state index in [1.807, 2.05) is 44.2 Å². The number of halogens is 2. The molecule has 2 rings (SSSR count). The fourth-order valence-electron chi connectivity index (χ4n) is 2.50. The smallest absolute Gasteiger partial charge is 0.234 e. The normalized spacial score (nSPS) is 13.6. The van der Waals surface area contributed by atoms with Gasteiger partial charge in [0.05, 0.1) is 12.6 Å². The number of carbonyl (C=O) groups excluding carboxylic acids is 1. The first-order chi connectivity index (χ1) is 11.4. The monoisotopic (exact) mass is 332 g/mol. The Balaban J connectivity index is 1.94. The summed E-state index contributed by atoms with van der Waals surface area (Å²) in [5.74, 6) is -1.87. The van der Waals surface area contributed by atoms with Gasteiger partial charge in [-0.3, -0.25) is 9.69 Å². The number of hydrogen-bond acceptors (Lipinski definition) is 2. The van der Waals surface area contributed by atoms with Gasteiger partial charge in [-0.1, -0.05) is 36.4 Å². The number of rotatable bonds is 6. The Labute approximate surface area is 141 Å². The molecule has 0 aliphatic heterocycles. The molecule has 2 aromatic carbocycles. The number of likely N-dealkylation sites (N-methyl/N-ethyl adjacent to an activating group) is 1. The van der Waals surface area contributed by atoms with Crippen LogP contribution in [0.25, 0.3) is 0 Å². The molecule has 3 nitrogen and oxygen atoms in total. The number of hydrogen-bond donors (Lipinski definition) is 1. The van der Waals surface area contributed by atoms with Crippen LogP contribution in [0.1, 0.15) is 37.1 Å². The van der Waals surface area contributed by atoms with Crippen LogP contribution in [-0.4, -0.2) is 24.4 Å². The van der Waals surface area contributed by atoms with Crippen molar-refractivity contribution in [2.45, 2.75) is 25.9 Å². The summed E-state index contributed by atoms with van der Waals surface area (Å²) in [4.78, 5) is 14.0. The molecule has 0 aliphatic carbocycles. The quantitative estimate of drug-likeness (QED) is 0.872. The molecule has 0 aromatic heterocycles. The highest BCUT2D eigenvalue weighted by Crippen LogP contribution is 2.20. The summed E-state index contributed by atoms with van der Waals surface area (Å²) < 4.78 is 26.4. The molecule has 0 bridgehead atoms. The van der Waals surface area contributed by atoms with Crippen molar-refractivity contribution in [3.05, 3.63) is 71.3 Å². The zero-order valence-corrected chi connectivity index (χ0v) is 14.1. The van der Waals surface area contributed by atoms with Crippen molar-refractivity contribution < 1.29 is 13.6 Å². The highest BCUT2D eigenvalue weighted by Gasteiger charge is 2.17. The lowest BCUT2D eigenvalue weighted by Gasteiger charge is -2.25. The number of carbonyl (C=O) groups is 1. The van der Waals surface area contributed by atoms with Gasteiger partial charge in [0, 0.05) is 6.04 Å². The van der Waals surface area contributed by atoms with E-state index in [-0.39, 0.29) is 24.5 Å². The van der Waals surface area contributed by atoms with Gasteiger partial charge in [-0.15, -0.1) is 0 Å². The molecule has 2 aromatic rings. The maximum Gasteiger partial charge on any atom is 0.234 e. The third kappa shape index (κ3) is 4.61. The van der Waals surface area contributed by atoms with Crippen molar-refractivity contribution in [2.24, 2.45) is 0 Å². The van der Waals surface area contributed by atoms with E-state index in [9.17, 15) is 13.6 Å². The molecule has 2 unspecified atom stereocenters. The average molecular weight is 332 g/mol. The Morgan fingerprint density at radius 3 is 2.33 bits per heavy atom. The van der Waals surface area contributed by atoms with E-state index in [2.05, 4.69) is 5.32 Å². The number of amides is 1. The third-order valence-electron chi connectivity index (χ3n) is 4.16. The molecule has 0 aliphatic rings. The highest BCUT2D eigenvalue weighted by atomic mass is 19.2. The summed E-state index contributed by atoms with van der Waals surface area (Å²) in [6.07, 6.45) is 0. The van der Waals surface area contributed by atoms with Gasteiger partial charge in [-0.25, -0.2) is 8.78 Å². The molecule has 2 atom stereocenters. The molecule has 128 valence electrons. The SMILES string of the molecule is CC(NC(=O)CN(C)C(C)c1ccc(F)c(F)c1)c1ccccc1. The second-order valence-corrected chi connectivity index (χ2v) is 5.96. The first-order valence-corrected chi connectivity index (χ1v) is 7.88. The minimum atomic E-state index is -0.880. The summed E-state index contributed by atoms with van der Waals surface area (Å²) in [5.41, 5.74) is 1.66. The molecule has 0 spiro atoms. The standard InChI is InChI=1S/C19H22F2N2O/c1-13(15-7-5-4-6-8-15)22-19(24)12-23(3)14(2)16-9-10-17(20)18(21)11-16/h4-11,13-14H,12H2,1-3H3,(H,22,24). The van der Waals surface area contributed by atoms with E-state index in [0.29, 0.717) is 5.56 Å². The number of benzene rings is 2. The molecule has 1 amide bonds. The van der Waals surface area contributed by atoms with Gasteiger partial charge in [0.1, 0.15) is 0 Å². The summed E-state index contributed by atoms with van der Waals surface area (Å²) in [7, 11) is 1.78. The first kappa shape index (κ1) is 18.1. The van der Waals surface area contributed by atoms with Gasteiger partial charge < -0.3 is 5.32 Å². The Morgan fingerprint density at radius 2 is 1.71 bits per heavy atom. The topological polar surface area (TPSA) is 32.3 Å². The minimum absolute atomic E-state index is 0.0920. The van der Waals surface area contributed by atoms with Crippen molar-refractivity contribution in [3.63, 3.8) is 0 Å². The van der Waals surface area contributed by atoms with E-state index in [0.717, 1.165) is 11.6 Å². The van der Waals surface area contributed by atoms with Gasteiger partial charge in [0.15, 0.2) is 11.6 Å². The van der Waals surface area contributed by atoms with Gasteiger partial charge in [0.25, 0.3) is 0 Å². The van der Waals surface area contributed by atoms with Crippen LogP contribution >= 0.6 is 0 Å². The molecule has 0 saturated heterocycles. The van der Waals surface area contributed by atoms with Crippen molar-refractivity contribution in [1.82, 2.24) is 10.2 Å². The number of nitrogens with zero attached hydrogens (tertiary/aromatic N) is 1. The van der Waals surface area contributed by atoms with Crippen LogP contribution in [-0.2, 0) is 4.79 Å². The van der Waals surface area contributed by atoms with Crippen molar-refractivity contribution in [2.75, 3.05) is 13.6 Å². The van der Waals surface area contributed by atoms with Gasteiger partial charge >= 0.3 is 0 Å². The van der Waals surface area contributed by atoms with Crippen molar-refractivity contribution in [1.29, 1.82) is 0 Å². The largest absolute Gasteiger partial charge is 0.348 e. The maximum absolute atomic E-state index is 13.4. The molecule has 24 heavy (non-hydrogen) atoms. The molecule has 0 fully saturated rings. The van der Waals surface area contributed by atoms with Crippen LogP contribution in [0.5, 0.6) is 0 Å². The lowest BCUT2D eigenvalue weighted by atomic mass is 10.1. The van der Waals surface area contributed by atoms with E-state index in [4.69, 9.17) is 0 Å². The Morgan fingerprint density at radius 1 is 1.04 bits per heavy atom. The lowest BCUT2D eigenvalue weighted by molar-refractivity contribution is -0.123. The van der Waals surface area contributed by atoms with Gasteiger partial charge in [-0.05, 0) is 44.2 Å². The zero-order chi connectivity index (χ0) is 17.7. The molecule has 1 N–H and O–H groups in total. The van der Waals surface area contributed by atoms with E-state index >= 15 is 0 Å².